The fourth-order valence-corrected chi connectivity index (χ4v) is 2.88. The van der Waals surface area contributed by atoms with E-state index in [4.69, 9.17) is 9.15 Å². The van der Waals surface area contributed by atoms with Crippen molar-refractivity contribution in [3.63, 3.8) is 0 Å². The van der Waals surface area contributed by atoms with Gasteiger partial charge in [0.05, 0.1) is 18.5 Å². The van der Waals surface area contributed by atoms with Crippen molar-refractivity contribution in [2.75, 3.05) is 26.2 Å². The van der Waals surface area contributed by atoms with Crippen LogP contribution in [0, 0.1) is 0 Å². The summed E-state index contributed by atoms with van der Waals surface area (Å²) in [4.78, 5) is 14.4. The Bertz CT molecular complexity index is 628. The SMILES string of the molecule is C[C@@H]1CN(CCNC(=O)c2cc(-c3ccco3)[nH]n2)C[C@@H](C)O1. The monoisotopic (exact) mass is 318 g/mol. The molecular weight excluding hydrogens is 296 g/mol. The molecule has 0 aliphatic carbocycles. The fraction of sp³-hybridized carbons (Fsp3) is 0.500. The third-order valence-corrected chi connectivity index (χ3v) is 3.81. The molecule has 23 heavy (non-hydrogen) atoms. The summed E-state index contributed by atoms with van der Waals surface area (Å²) in [7, 11) is 0. The molecule has 1 fully saturated rings. The number of carbonyl (C=O) groups is 1. The number of ether oxygens (including phenoxy) is 1. The molecule has 1 saturated heterocycles. The van der Waals surface area contributed by atoms with Crippen molar-refractivity contribution < 1.29 is 13.9 Å². The standard InChI is InChI=1S/C16H22N4O3/c1-11-9-20(10-12(2)23-11)6-5-17-16(21)14-8-13(18-19-14)15-4-3-7-22-15/h3-4,7-8,11-12H,5-6,9-10H2,1-2H3,(H,17,21)(H,18,19)/t11-,12-/m1/s1. The van der Waals surface area contributed by atoms with E-state index in [1.807, 2.05) is 6.07 Å². The lowest BCUT2D eigenvalue weighted by Gasteiger charge is -2.35. The second-order valence-electron chi connectivity index (χ2n) is 5.92. The van der Waals surface area contributed by atoms with Crippen LogP contribution in [-0.4, -0.2) is 59.4 Å². The number of furan rings is 1. The molecule has 2 atom stereocenters. The summed E-state index contributed by atoms with van der Waals surface area (Å²) in [5.74, 6) is 0.473. The highest BCUT2D eigenvalue weighted by Gasteiger charge is 2.22. The summed E-state index contributed by atoms with van der Waals surface area (Å²) in [6.07, 6.45) is 2.05. The molecule has 0 unspecified atom stereocenters. The number of morpholine rings is 1. The van der Waals surface area contributed by atoms with E-state index in [1.165, 1.54) is 0 Å². The molecule has 0 saturated carbocycles. The molecule has 0 aromatic carbocycles. The van der Waals surface area contributed by atoms with Crippen LogP contribution in [0.25, 0.3) is 11.5 Å². The predicted molar refractivity (Wildman–Crippen MR) is 85.1 cm³/mol. The average molecular weight is 318 g/mol. The first-order chi connectivity index (χ1) is 11.1. The van der Waals surface area contributed by atoms with Gasteiger partial charge >= 0.3 is 0 Å². The van der Waals surface area contributed by atoms with E-state index in [9.17, 15) is 4.79 Å². The Kier molecular flexibility index (Phi) is 4.78. The van der Waals surface area contributed by atoms with Crippen molar-refractivity contribution in [3.8, 4) is 11.5 Å². The van der Waals surface area contributed by atoms with Crippen LogP contribution in [0.2, 0.25) is 0 Å². The van der Waals surface area contributed by atoms with E-state index in [0.29, 0.717) is 23.7 Å². The zero-order valence-electron chi connectivity index (χ0n) is 13.4. The molecule has 3 rings (SSSR count). The van der Waals surface area contributed by atoms with Crippen LogP contribution in [0.3, 0.4) is 0 Å². The summed E-state index contributed by atoms with van der Waals surface area (Å²) >= 11 is 0. The van der Waals surface area contributed by atoms with E-state index in [-0.39, 0.29) is 18.1 Å². The molecule has 124 valence electrons. The molecule has 7 nitrogen and oxygen atoms in total. The Morgan fingerprint density at radius 3 is 2.91 bits per heavy atom. The molecule has 1 aliphatic heterocycles. The van der Waals surface area contributed by atoms with Crippen molar-refractivity contribution in [2.45, 2.75) is 26.1 Å². The van der Waals surface area contributed by atoms with Crippen molar-refractivity contribution in [2.24, 2.45) is 0 Å². The largest absolute Gasteiger partial charge is 0.463 e. The quantitative estimate of drug-likeness (QED) is 0.873. The van der Waals surface area contributed by atoms with Gasteiger partial charge in [0, 0.05) is 32.2 Å². The van der Waals surface area contributed by atoms with Gasteiger partial charge < -0.3 is 14.5 Å². The second-order valence-corrected chi connectivity index (χ2v) is 5.92. The molecule has 2 N–H and O–H groups in total. The minimum absolute atomic E-state index is 0.187. The van der Waals surface area contributed by atoms with Gasteiger partial charge in [-0.15, -0.1) is 0 Å². The third kappa shape index (κ3) is 4.00. The van der Waals surface area contributed by atoms with Crippen LogP contribution < -0.4 is 5.32 Å². The van der Waals surface area contributed by atoms with Gasteiger partial charge in [0.2, 0.25) is 0 Å². The van der Waals surface area contributed by atoms with Gasteiger partial charge in [-0.25, -0.2) is 0 Å². The van der Waals surface area contributed by atoms with Crippen molar-refractivity contribution in [3.05, 3.63) is 30.2 Å². The van der Waals surface area contributed by atoms with Crippen molar-refractivity contribution >= 4 is 5.91 Å². The summed E-state index contributed by atoms with van der Waals surface area (Å²) in [6, 6.07) is 5.29. The van der Waals surface area contributed by atoms with E-state index < -0.39 is 0 Å². The lowest BCUT2D eigenvalue weighted by atomic mass is 10.2. The average Bonchev–Trinajstić information content (AvgIpc) is 3.17. The number of nitrogens with zero attached hydrogens (tertiary/aromatic N) is 2. The van der Waals surface area contributed by atoms with Gasteiger partial charge in [0.25, 0.3) is 5.91 Å². The number of aromatic amines is 1. The number of carbonyl (C=O) groups excluding carboxylic acids is 1. The summed E-state index contributed by atoms with van der Waals surface area (Å²) in [5, 5.41) is 9.74. The molecule has 1 aliphatic rings. The molecule has 2 aromatic rings. The Morgan fingerprint density at radius 2 is 2.22 bits per heavy atom. The zero-order valence-corrected chi connectivity index (χ0v) is 13.4. The molecule has 0 spiro atoms. The number of H-pyrrole nitrogens is 1. The first kappa shape index (κ1) is 15.8. The first-order valence-electron chi connectivity index (χ1n) is 7.87. The third-order valence-electron chi connectivity index (χ3n) is 3.81. The van der Waals surface area contributed by atoms with Gasteiger partial charge in [0.15, 0.2) is 11.5 Å². The smallest absolute Gasteiger partial charge is 0.271 e. The second kappa shape index (κ2) is 6.97. The maximum absolute atomic E-state index is 12.1. The molecular formula is C16H22N4O3. The van der Waals surface area contributed by atoms with Gasteiger partial charge in [-0.2, -0.15) is 5.10 Å². The number of amides is 1. The van der Waals surface area contributed by atoms with Crippen molar-refractivity contribution in [1.82, 2.24) is 20.4 Å². The van der Waals surface area contributed by atoms with E-state index in [0.717, 1.165) is 19.6 Å². The molecule has 0 radical (unpaired) electrons. The minimum Gasteiger partial charge on any atom is -0.463 e. The Hall–Kier alpha value is -2.12. The predicted octanol–water partition coefficient (Wildman–Crippen LogP) is 1.51. The minimum atomic E-state index is -0.187. The highest BCUT2D eigenvalue weighted by Crippen LogP contribution is 2.17. The van der Waals surface area contributed by atoms with Gasteiger partial charge in [-0.05, 0) is 26.0 Å². The van der Waals surface area contributed by atoms with Crippen LogP contribution in [0.15, 0.2) is 28.9 Å². The van der Waals surface area contributed by atoms with E-state index in [2.05, 4.69) is 34.3 Å². The number of hydrogen-bond acceptors (Lipinski definition) is 5. The van der Waals surface area contributed by atoms with Gasteiger partial charge in [0.1, 0.15) is 5.69 Å². The highest BCUT2D eigenvalue weighted by molar-refractivity contribution is 5.93. The number of rotatable bonds is 5. The number of aromatic nitrogens is 2. The molecule has 0 bridgehead atoms. The lowest BCUT2D eigenvalue weighted by molar-refractivity contribution is -0.0672. The lowest BCUT2D eigenvalue weighted by Crippen LogP contribution is -2.47. The Labute approximate surface area is 135 Å². The van der Waals surface area contributed by atoms with Crippen LogP contribution in [0.1, 0.15) is 24.3 Å². The van der Waals surface area contributed by atoms with E-state index in [1.54, 1.807) is 18.4 Å². The number of hydrogen-bond donors (Lipinski definition) is 2. The van der Waals surface area contributed by atoms with Crippen LogP contribution in [-0.2, 0) is 4.74 Å². The molecule has 1 amide bonds. The van der Waals surface area contributed by atoms with E-state index >= 15 is 0 Å². The highest BCUT2D eigenvalue weighted by atomic mass is 16.5. The first-order valence-corrected chi connectivity index (χ1v) is 7.87. The van der Waals surface area contributed by atoms with Crippen molar-refractivity contribution in [1.29, 1.82) is 0 Å². The normalized spacial score (nSPS) is 22.2. The van der Waals surface area contributed by atoms with Crippen LogP contribution >= 0.6 is 0 Å². The maximum Gasteiger partial charge on any atom is 0.271 e. The molecule has 2 aromatic heterocycles. The topological polar surface area (TPSA) is 83.4 Å². The maximum atomic E-state index is 12.1. The van der Waals surface area contributed by atoms with Gasteiger partial charge in [-0.3, -0.25) is 14.8 Å². The number of nitrogens with one attached hydrogen (secondary N) is 2. The van der Waals surface area contributed by atoms with Crippen LogP contribution in [0.5, 0.6) is 0 Å². The van der Waals surface area contributed by atoms with Crippen LogP contribution in [0.4, 0.5) is 0 Å². The molecule has 7 heteroatoms. The summed E-state index contributed by atoms with van der Waals surface area (Å²) in [5.41, 5.74) is 1.05. The summed E-state index contributed by atoms with van der Waals surface area (Å²) < 4.78 is 11.0. The molecule has 3 heterocycles. The Balaban J connectivity index is 1.48. The summed E-state index contributed by atoms with van der Waals surface area (Å²) in [6.45, 7) is 7.32. The van der Waals surface area contributed by atoms with Gasteiger partial charge in [-0.1, -0.05) is 0 Å². The Morgan fingerprint density at radius 1 is 1.43 bits per heavy atom. The fourth-order valence-electron chi connectivity index (χ4n) is 2.88. The zero-order chi connectivity index (χ0) is 16.2.